The summed E-state index contributed by atoms with van der Waals surface area (Å²) in [6, 6.07) is 2.28. The summed E-state index contributed by atoms with van der Waals surface area (Å²) in [6.45, 7) is 4.52. The van der Waals surface area contributed by atoms with Gasteiger partial charge in [0.25, 0.3) is 0 Å². The molecule has 0 nitrogen and oxygen atoms in total. The van der Waals surface area contributed by atoms with E-state index in [9.17, 15) is 0 Å². The van der Waals surface area contributed by atoms with Crippen LogP contribution in [-0.2, 0) is 0 Å². The van der Waals surface area contributed by atoms with Gasteiger partial charge in [0.1, 0.15) is 0 Å². The molecular weight excluding hydrogens is 327 g/mol. The average molecular weight is 348 g/mol. The minimum absolute atomic E-state index is 1.24. The van der Waals surface area contributed by atoms with Crippen LogP contribution < -0.4 is 0 Å². The Hall–Kier alpha value is 0.170. The Morgan fingerprint density at radius 2 is 2.06 bits per heavy atom. The zero-order valence-corrected chi connectivity index (χ0v) is 13.2. The van der Waals surface area contributed by atoms with Crippen molar-refractivity contribution in [2.75, 3.05) is 0 Å². The molecule has 2 heteroatoms. The van der Waals surface area contributed by atoms with Crippen molar-refractivity contribution in [1.82, 2.24) is 0 Å². The Bertz CT molecular complexity index is 325. The lowest BCUT2D eigenvalue weighted by Crippen LogP contribution is -1.86. The maximum atomic E-state index is 2.46. The Kier molecular flexibility index (Phi) is 7.37. The van der Waals surface area contributed by atoms with Crippen molar-refractivity contribution < 1.29 is 0 Å². The van der Waals surface area contributed by atoms with E-state index in [0.29, 0.717) is 0 Å². The number of hydrogen-bond acceptors (Lipinski definition) is 1. The molecule has 0 unspecified atom stereocenters. The fourth-order valence-corrected chi connectivity index (χ4v) is 3.33. The SMILES string of the molecule is CCCC/C=C(/CCCC)c1ccsc1I. The predicted octanol–water partition coefficient (Wildman–Crippen LogP) is 6.12. The van der Waals surface area contributed by atoms with Crippen LogP contribution in [0.15, 0.2) is 17.5 Å². The quantitative estimate of drug-likeness (QED) is 0.411. The predicted molar refractivity (Wildman–Crippen MR) is 84.1 cm³/mol. The average Bonchev–Trinajstić information content (AvgIpc) is 2.70. The van der Waals surface area contributed by atoms with Gasteiger partial charge in [0.2, 0.25) is 0 Å². The van der Waals surface area contributed by atoms with Gasteiger partial charge in [-0.1, -0.05) is 39.2 Å². The van der Waals surface area contributed by atoms with Gasteiger partial charge in [0, 0.05) is 5.56 Å². The highest BCUT2D eigenvalue weighted by Crippen LogP contribution is 2.29. The Labute approximate surface area is 117 Å². The summed E-state index contributed by atoms with van der Waals surface area (Å²) in [5.74, 6) is 0. The molecule has 1 rings (SSSR count). The fourth-order valence-electron chi connectivity index (χ4n) is 1.72. The van der Waals surface area contributed by atoms with Gasteiger partial charge in [-0.25, -0.2) is 0 Å². The molecule has 0 aliphatic heterocycles. The number of unbranched alkanes of at least 4 members (excludes halogenated alkanes) is 3. The molecule has 1 heterocycles. The molecule has 1 aromatic heterocycles. The van der Waals surface area contributed by atoms with Gasteiger partial charge < -0.3 is 0 Å². The van der Waals surface area contributed by atoms with Crippen molar-refractivity contribution >= 4 is 39.5 Å². The van der Waals surface area contributed by atoms with Crippen molar-refractivity contribution in [1.29, 1.82) is 0 Å². The zero-order chi connectivity index (χ0) is 11.8. The van der Waals surface area contributed by atoms with E-state index in [0.717, 1.165) is 0 Å². The van der Waals surface area contributed by atoms with Crippen LogP contribution >= 0.6 is 33.9 Å². The highest BCUT2D eigenvalue weighted by molar-refractivity contribution is 14.1. The molecule has 0 aliphatic rings. The molecule has 1 aromatic rings. The van der Waals surface area contributed by atoms with E-state index in [1.165, 1.54) is 47.0 Å². The minimum atomic E-state index is 1.24. The largest absolute Gasteiger partial charge is 0.137 e. The third-order valence-corrected chi connectivity index (χ3v) is 4.75. The smallest absolute Gasteiger partial charge is 0.0728 e. The van der Waals surface area contributed by atoms with E-state index < -0.39 is 0 Å². The van der Waals surface area contributed by atoms with Gasteiger partial charge in [0.15, 0.2) is 0 Å². The number of hydrogen-bond donors (Lipinski definition) is 0. The summed E-state index contributed by atoms with van der Waals surface area (Å²) in [5, 5.41) is 2.21. The fraction of sp³-hybridized carbons (Fsp3) is 0.571. The summed E-state index contributed by atoms with van der Waals surface area (Å²) in [5.41, 5.74) is 3.05. The van der Waals surface area contributed by atoms with E-state index in [2.05, 4.69) is 54.0 Å². The molecule has 0 saturated heterocycles. The molecule has 0 N–H and O–H groups in total. The lowest BCUT2D eigenvalue weighted by molar-refractivity contribution is 0.800. The summed E-state index contributed by atoms with van der Waals surface area (Å²) in [7, 11) is 0. The van der Waals surface area contributed by atoms with Gasteiger partial charge in [0.05, 0.1) is 2.88 Å². The minimum Gasteiger partial charge on any atom is -0.137 e. The Balaban J connectivity index is 2.70. The van der Waals surface area contributed by atoms with Crippen LogP contribution in [-0.4, -0.2) is 0 Å². The molecule has 0 spiro atoms. The van der Waals surface area contributed by atoms with Crippen LogP contribution in [0.2, 0.25) is 0 Å². The standard InChI is InChI=1S/C14H21IS/c1-3-5-7-9-12(8-6-4-2)13-10-11-16-14(13)15/h9-11H,3-8H2,1-2H3/b12-9-. The van der Waals surface area contributed by atoms with Crippen LogP contribution in [0, 0.1) is 2.88 Å². The topological polar surface area (TPSA) is 0 Å². The maximum absolute atomic E-state index is 2.46. The summed E-state index contributed by atoms with van der Waals surface area (Å²) < 4.78 is 1.44. The van der Waals surface area contributed by atoms with E-state index in [4.69, 9.17) is 0 Å². The second-order valence-corrected chi connectivity index (χ2v) is 6.81. The summed E-state index contributed by atoms with van der Waals surface area (Å²) in [6.07, 6.45) is 10.1. The molecule has 0 aliphatic carbocycles. The lowest BCUT2D eigenvalue weighted by Gasteiger charge is -2.06. The Morgan fingerprint density at radius 1 is 1.31 bits per heavy atom. The second-order valence-electron chi connectivity index (χ2n) is 4.08. The van der Waals surface area contributed by atoms with Gasteiger partial charge in [-0.3, -0.25) is 0 Å². The first-order valence-corrected chi connectivity index (χ1v) is 8.17. The van der Waals surface area contributed by atoms with Crippen LogP contribution in [0.4, 0.5) is 0 Å². The molecule has 0 atom stereocenters. The second kappa shape index (κ2) is 8.29. The first-order valence-electron chi connectivity index (χ1n) is 6.22. The normalized spacial score (nSPS) is 12.1. The zero-order valence-electron chi connectivity index (χ0n) is 10.3. The molecule has 0 fully saturated rings. The van der Waals surface area contributed by atoms with E-state index in [-0.39, 0.29) is 0 Å². The molecule has 0 aromatic carbocycles. The van der Waals surface area contributed by atoms with Crippen LogP contribution in [0.25, 0.3) is 5.57 Å². The molecule has 0 radical (unpaired) electrons. The van der Waals surface area contributed by atoms with Crippen molar-refractivity contribution in [2.24, 2.45) is 0 Å². The number of rotatable bonds is 7. The van der Waals surface area contributed by atoms with Crippen molar-refractivity contribution in [2.45, 2.75) is 52.4 Å². The number of thiophene rings is 1. The van der Waals surface area contributed by atoms with Crippen molar-refractivity contribution in [3.05, 3.63) is 26.0 Å². The molecule has 90 valence electrons. The third-order valence-electron chi connectivity index (χ3n) is 2.71. The van der Waals surface area contributed by atoms with Crippen LogP contribution in [0.5, 0.6) is 0 Å². The van der Waals surface area contributed by atoms with Crippen LogP contribution in [0.1, 0.15) is 57.9 Å². The highest BCUT2D eigenvalue weighted by atomic mass is 127. The molecule has 16 heavy (non-hydrogen) atoms. The highest BCUT2D eigenvalue weighted by Gasteiger charge is 2.06. The maximum Gasteiger partial charge on any atom is 0.0728 e. The van der Waals surface area contributed by atoms with E-state index in [1.54, 1.807) is 5.57 Å². The van der Waals surface area contributed by atoms with Gasteiger partial charge in [-0.15, -0.1) is 11.3 Å². The first-order chi connectivity index (χ1) is 7.79. The number of allylic oxidation sites excluding steroid dienone is 2. The van der Waals surface area contributed by atoms with E-state index >= 15 is 0 Å². The van der Waals surface area contributed by atoms with Gasteiger partial charge in [-0.05, 0) is 58.9 Å². The van der Waals surface area contributed by atoms with Crippen LogP contribution in [0.3, 0.4) is 0 Å². The molecular formula is C14H21IS. The summed E-state index contributed by atoms with van der Waals surface area (Å²) >= 11 is 4.31. The summed E-state index contributed by atoms with van der Waals surface area (Å²) in [4.78, 5) is 0. The van der Waals surface area contributed by atoms with Crippen molar-refractivity contribution in [3.8, 4) is 0 Å². The van der Waals surface area contributed by atoms with Crippen molar-refractivity contribution in [3.63, 3.8) is 0 Å². The lowest BCUT2D eigenvalue weighted by atomic mass is 10.0. The molecule has 0 amide bonds. The van der Waals surface area contributed by atoms with Gasteiger partial charge >= 0.3 is 0 Å². The molecule has 0 bridgehead atoms. The van der Waals surface area contributed by atoms with E-state index in [1.807, 2.05) is 11.3 Å². The van der Waals surface area contributed by atoms with Gasteiger partial charge in [-0.2, -0.15) is 0 Å². The third kappa shape index (κ3) is 4.58. The first kappa shape index (κ1) is 14.2. The molecule has 0 saturated carbocycles. The monoisotopic (exact) mass is 348 g/mol. The Morgan fingerprint density at radius 3 is 2.62 bits per heavy atom. The number of halogens is 1.